The number of hydrogen-bond acceptors (Lipinski definition) is 4. The minimum Gasteiger partial charge on any atom is -0.342 e. The summed E-state index contributed by atoms with van der Waals surface area (Å²) in [4.78, 5) is 16.5. The van der Waals surface area contributed by atoms with Gasteiger partial charge in [-0.15, -0.1) is 0 Å². The predicted octanol–water partition coefficient (Wildman–Crippen LogP) is 3.35. The van der Waals surface area contributed by atoms with E-state index in [1.54, 1.807) is 24.5 Å². The molecule has 1 saturated carbocycles. The molecule has 0 saturated heterocycles. The number of thiocarbonyl (C=S) groups is 1. The highest BCUT2D eigenvalue weighted by molar-refractivity contribution is 7.80. The number of aromatic nitrogens is 1. The Kier molecular flexibility index (Phi) is 4.47. The molecule has 0 radical (unpaired) electrons. The molecule has 2 aromatic rings. The van der Waals surface area contributed by atoms with Gasteiger partial charge in [-0.05, 0) is 54.9 Å². The molecule has 6 nitrogen and oxygen atoms in total. The average molecular weight is 328 g/mol. The lowest BCUT2D eigenvalue weighted by atomic mass is 10.2. The van der Waals surface area contributed by atoms with Crippen LogP contribution in [0.3, 0.4) is 0 Å². The Morgan fingerprint density at radius 2 is 1.91 bits per heavy atom. The van der Waals surface area contributed by atoms with Crippen LogP contribution in [-0.2, 0) is 6.54 Å². The third kappa shape index (κ3) is 4.01. The van der Waals surface area contributed by atoms with E-state index >= 15 is 0 Å². The average Bonchev–Trinajstić information content (AvgIpc) is 3.39. The molecule has 0 aliphatic heterocycles. The Bertz CT molecular complexity index is 702. The third-order valence-corrected chi connectivity index (χ3v) is 4.02. The third-order valence-electron chi connectivity index (χ3n) is 3.68. The topological polar surface area (TPSA) is 71.3 Å². The molecular formula is C16H16N4O2S. The van der Waals surface area contributed by atoms with E-state index in [1.165, 1.54) is 12.1 Å². The molecule has 1 aromatic carbocycles. The van der Waals surface area contributed by atoms with Gasteiger partial charge in [-0.3, -0.25) is 15.1 Å². The van der Waals surface area contributed by atoms with E-state index in [9.17, 15) is 10.1 Å². The molecule has 3 rings (SSSR count). The quantitative estimate of drug-likeness (QED) is 0.515. The zero-order valence-corrected chi connectivity index (χ0v) is 13.2. The maximum Gasteiger partial charge on any atom is 0.269 e. The fourth-order valence-corrected chi connectivity index (χ4v) is 2.63. The minimum atomic E-state index is -0.415. The number of rotatable bonds is 5. The molecule has 0 amide bonds. The Morgan fingerprint density at radius 1 is 1.26 bits per heavy atom. The van der Waals surface area contributed by atoms with Crippen LogP contribution in [-0.4, -0.2) is 26.0 Å². The number of pyridine rings is 1. The highest BCUT2D eigenvalue weighted by Crippen LogP contribution is 2.29. The van der Waals surface area contributed by atoms with Gasteiger partial charge in [-0.25, -0.2) is 0 Å². The van der Waals surface area contributed by atoms with Crippen molar-refractivity contribution >= 4 is 28.7 Å². The van der Waals surface area contributed by atoms with E-state index in [0.717, 1.165) is 30.6 Å². The normalized spacial score (nSPS) is 13.4. The van der Waals surface area contributed by atoms with Crippen molar-refractivity contribution in [1.29, 1.82) is 0 Å². The summed E-state index contributed by atoms with van der Waals surface area (Å²) in [5.74, 6) is 0. The summed E-state index contributed by atoms with van der Waals surface area (Å²) >= 11 is 5.52. The fraction of sp³-hybridized carbons (Fsp3) is 0.250. The lowest BCUT2D eigenvalue weighted by Crippen LogP contribution is -2.36. The Balaban J connectivity index is 1.68. The molecule has 23 heavy (non-hydrogen) atoms. The monoisotopic (exact) mass is 328 g/mol. The second-order valence-electron chi connectivity index (χ2n) is 5.45. The SMILES string of the molecule is O=[N+]([O-])c1ccc(NC(=S)N(Cc2ccncc2)C2CC2)cc1. The van der Waals surface area contributed by atoms with Gasteiger partial charge in [-0.2, -0.15) is 0 Å². The summed E-state index contributed by atoms with van der Waals surface area (Å²) in [7, 11) is 0. The van der Waals surface area contributed by atoms with Gasteiger partial charge in [0.1, 0.15) is 0 Å². The second kappa shape index (κ2) is 6.70. The van der Waals surface area contributed by atoms with Gasteiger partial charge in [0.05, 0.1) is 4.92 Å². The van der Waals surface area contributed by atoms with Crippen LogP contribution in [0.4, 0.5) is 11.4 Å². The van der Waals surface area contributed by atoms with Crippen molar-refractivity contribution in [3.8, 4) is 0 Å². The van der Waals surface area contributed by atoms with Crippen LogP contribution in [0.1, 0.15) is 18.4 Å². The number of hydrogen-bond donors (Lipinski definition) is 1. The van der Waals surface area contributed by atoms with Crippen molar-refractivity contribution in [3.05, 3.63) is 64.5 Å². The van der Waals surface area contributed by atoms with Crippen LogP contribution in [0.15, 0.2) is 48.8 Å². The predicted molar refractivity (Wildman–Crippen MR) is 92.1 cm³/mol. The molecule has 118 valence electrons. The fourth-order valence-electron chi connectivity index (χ4n) is 2.30. The van der Waals surface area contributed by atoms with Gasteiger partial charge in [0.25, 0.3) is 5.69 Å². The van der Waals surface area contributed by atoms with Gasteiger partial charge in [0, 0.05) is 42.8 Å². The van der Waals surface area contributed by atoms with Crippen molar-refractivity contribution in [2.24, 2.45) is 0 Å². The van der Waals surface area contributed by atoms with Crippen LogP contribution in [0.5, 0.6) is 0 Å². The molecule has 1 fully saturated rings. The number of nitrogens with zero attached hydrogens (tertiary/aromatic N) is 3. The number of anilines is 1. The molecule has 7 heteroatoms. The largest absolute Gasteiger partial charge is 0.342 e. The molecule has 1 aromatic heterocycles. The lowest BCUT2D eigenvalue weighted by Gasteiger charge is -2.26. The summed E-state index contributed by atoms with van der Waals surface area (Å²) in [5.41, 5.74) is 1.97. The Morgan fingerprint density at radius 3 is 2.48 bits per heavy atom. The molecule has 1 aliphatic rings. The Hall–Kier alpha value is -2.54. The number of nitrogens with one attached hydrogen (secondary N) is 1. The lowest BCUT2D eigenvalue weighted by molar-refractivity contribution is -0.384. The first-order chi connectivity index (χ1) is 11.1. The molecule has 1 heterocycles. The molecular weight excluding hydrogens is 312 g/mol. The number of non-ortho nitro benzene ring substituents is 1. The molecule has 1 aliphatic carbocycles. The van der Waals surface area contributed by atoms with Gasteiger partial charge < -0.3 is 10.2 Å². The maximum absolute atomic E-state index is 10.7. The van der Waals surface area contributed by atoms with E-state index in [4.69, 9.17) is 12.2 Å². The van der Waals surface area contributed by atoms with Crippen molar-refractivity contribution in [1.82, 2.24) is 9.88 Å². The van der Waals surface area contributed by atoms with E-state index in [0.29, 0.717) is 11.2 Å². The number of nitro groups is 1. The summed E-state index contributed by atoms with van der Waals surface area (Å²) in [6.45, 7) is 0.728. The van der Waals surface area contributed by atoms with Crippen molar-refractivity contribution in [2.45, 2.75) is 25.4 Å². The molecule has 0 spiro atoms. The first-order valence-corrected chi connectivity index (χ1v) is 7.75. The summed E-state index contributed by atoms with van der Waals surface area (Å²) in [5, 5.41) is 14.5. The van der Waals surface area contributed by atoms with E-state index in [1.807, 2.05) is 12.1 Å². The number of nitro benzene ring substituents is 1. The highest BCUT2D eigenvalue weighted by atomic mass is 32.1. The molecule has 1 N–H and O–H groups in total. The smallest absolute Gasteiger partial charge is 0.269 e. The van der Waals surface area contributed by atoms with Crippen LogP contribution in [0.25, 0.3) is 0 Å². The zero-order chi connectivity index (χ0) is 16.2. The van der Waals surface area contributed by atoms with Gasteiger partial charge >= 0.3 is 0 Å². The van der Waals surface area contributed by atoms with Crippen molar-refractivity contribution in [2.75, 3.05) is 5.32 Å². The first kappa shape index (κ1) is 15.4. The van der Waals surface area contributed by atoms with Crippen LogP contribution >= 0.6 is 12.2 Å². The zero-order valence-electron chi connectivity index (χ0n) is 12.4. The number of benzene rings is 1. The summed E-state index contributed by atoms with van der Waals surface area (Å²) < 4.78 is 0. The van der Waals surface area contributed by atoms with Crippen LogP contribution < -0.4 is 5.32 Å². The van der Waals surface area contributed by atoms with Crippen molar-refractivity contribution in [3.63, 3.8) is 0 Å². The van der Waals surface area contributed by atoms with E-state index in [2.05, 4.69) is 15.2 Å². The second-order valence-corrected chi connectivity index (χ2v) is 5.84. The van der Waals surface area contributed by atoms with Crippen molar-refractivity contribution < 1.29 is 4.92 Å². The highest BCUT2D eigenvalue weighted by Gasteiger charge is 2.30. The standard InChI is InChI=1S/C16H16N4O2S/c21-20(22)15-3-1-13(2-4-15)18-16(23)19(14-5-6-14)11-12-7-9-17-10-8-12/h1-4,7-10,14H,5-6,11H2,(H,18,23). The van der Waals surface area contributed by atoms with Gasteiger partial charge in [0.15, 0.2) is 5.11 Å². The summed E-state index contributed by atoms with van der Waals surface area (Å²) in [6, 6.07) is 10.7. The first-order valence-electron chi connectivity index (χ1n) is 7.34. The van der Waals surface area contributed by atoms with Gasteiger partial charge in [0.2, 0.25) is 0 Å². The van der Waals surface area contributed by atoms with Crippen LogP contribution in [0, 0.1) is 10.1 Å². The molecule has 0 bridgehead atoms. The van der Waals surface area contributed by atoms with E-state index < -0.39 is 4.92 Å². The van der Waals surface area contributed by atoms with E-state index in [-0.39, 0.29) is 5.69 Å². The maximum atomic E-state index is 10.7. The Labute approximate surface area is 139 Å². The minimum absolute atomic E-state index is 0.0669. The summed E-state index contributed by atoms with van der Waals surface area (Å²) in [6.07, 6.45) is 5.81. The van der Waals surface area contributed by atoms with Gasteiger partial charge in [-0.1, -0.05) is 0 Å². The molecule has 0 unspecified atom stereocenters. The molecule has 0 atom stereocenters. The van der Waals surface area contributed by atoms with Crippen LogP contribution in [0.2, 0.25) is 0 Å².